The second-order valence-corrected chi connectivity index (χ2v) is 4.66. The SMILES string of the molecule is O=Cc1cccc(F)c1Sc1ncnc2nc[nH]c12. The van der Waals surface area contributed by atoms with Crippen LogP contribution in [-0.4, -0.2) is 26.2 Å². The van der Waals surface area contributed by atoms with Crippen molar-refractivity contribution in [2.24, 2.45) is 0 Å². The zero-order valence-electron chi connectivity index (χ0n) is 9.50. The van der Waals surface area contributed by atoms with Gasteiger partial charge in [0.1, 0.15) is 22.7 Å². The minimum absolute atomic E-state index is 0.243. The highest BCUT2D eigenvalue weighted by atomic mass is 32.2. The average Bonchev–Trinajstić information content (AvgIpc) is 2.90. The van der Waals surface area contributed by atoms with Gasteiger partial charge in [-0.15, -0.1) is 0 Å². The molecule has 1 aromatic carbocycles. The first kappa shape index (κ1) is 11.8. The molecule has 5 nitrogen and oxygen atoms in total. The topological polar surface area (TPSA) is 71.5 Å². The number of aldehydes is 1. The lowest BCUT2D eigenvalue weighted by Gasteiger charge is -2.05. The fourth-order valence-corrected chi connectivity index (χ4v) is 2.59. The van der Waals surface area contributed by atoms with Gasteiger partial charge in [0.15, 0.2) is 11.9 Å². The molecule has 19 heavy (non-hydrogen) atoms. The van der Waals surface area contributed by atoms with Gasteiger partial charge in [-0.2, -0.15) is 0 Å². The molecule has 0 aliphatic carbocycles. The van der Waals surface area contributed by atoms with E-state index in [4.69, 9.17) is 0 Å². The van der Waals surface area contributed by atoms with Crippen LogP contribution in [0.3, 0.4) is 0 Å². The van der Waals surface area contributed by atoms with Crippen LogP contribution >= 0.6 is 11.8 Å². The van der Waals surface area contributed by atoms with Crippen LogP contribution in [0.25, 0.3) is 11.2 Å². The van der Waals surface area contributed by atoms with Gasteiger partial charge < -0.3 is 4.98 Å². The Balaban J connectivity index is 2.11. The molecule has 0 saturated heterocycles. The molecule has 0 fully saturated rings. The quantitative estimate of drug-likeness (QED) is 0.586. The van der Waals surface area contributed by atoms with Crippen molar-refractivity contribution in [1.82, 2.24) is 19.9 Å². The average molecular weight is 274 g/mol. The van der Waals surface area contributed by atoms with Crippen LogP contribution in [-0.2, 0) is 0 Å². The van der Waals surface area contributed by atoms with Crippen molar-refractivity contribution >= 4 is 29.2 Å². The van der Waals surface area contributed by atoms with Crippen molar-refractivity contribution in [1.29, 1.82) is 0 Å². The zero-order chi connectivity index (χ0) is 13.2. The summed E-state index contributed by atoms with van der Waals surface area (Å²) in [7, 11) is 0. The van der Waals surface area contributed by atoms with E-state index in [-0.39, 0.29) is 10.5 Å². The molecule has 0 aliphatic rings. The Morgan fingerprint density at radius 1 is 1.26 bits per heavy atom. The van der Waals surface area contributed by atoms with Crippen LogP contribution in [0.2, 0.25) is 0 Å². The minimum atomic E-state index is -0.458. The molecule has 2 heterocycles. The van der Waals surface area contributed by atoms with Gasteiger partial charge in [-0.25, -0.2) is 19.3 Å². The van der Waals surface area contributed by atoms with Crippen LogP contribution in [0.1, 0.15) is 10.4 Å². The Kier molecular flexibility index (Phi) is 2.96. The van der Waals surface area contributed by atoms with Crippen molar-refractivity contribution in [3.05, 3.63) is 42.2 Å². The molecular formula is C12H7FN4OS. The Labute approximate surface area is 111 Å². The lowest BCUT2D eigenvalue weighted by atomic mass is 10.2. The minimum Gasteiger partial charge on any atom is -0.341 e. The summed E-state index contributed by atoms with van der Waals surface area (Å²) in [5.74, 6) is -0.458. The van der Waals surface area contributed by atoms with Crippen molar-refractivity contribution < 1.29 is 9.18 Å². The second-order valence-electron chi connectivity index (χ2n) is 3.66. The summed E-state index contributed by atoms with van der Waals surface area (Å²) in [6, 6.07) is 4.36. The third kappa shape index (κ3) is 2.08. The highest BCUT2D eigenvalue weighted by molar-refractivity contribution is 7.99. The van der Waals surface area contributed by atoms with E-state index in [1.165, 1.54) is 24.8 Å². The third-order valence-electron chi connectivity index (χ3n) is 2.51. The molecule has 7 heteroatoms. The summed E-state index contributed by atoms with van der Waals surface area (Å²) in [6.45, 7) is 0. The molecule has 3 rings (SSSR count). The molecule has 0 amide bonds. The molecule has 0 aliphatic heterocycles. The summed E-state index contributed by atoms with van der Waals surface area (Å²) < 4.78 is 13.8. The predicted octanol–water partition coefficient (Wildman–Crippen LogP) is 2.46. The maximum absolute atomic E-state index is 13.8. The number of hydrogen-bond acceptors (Lipinski definition) is 5. The summed E-state index contributed by atoms with van der Waals surface area (Å²) in [5.41, 5.74) is 1.41. The van der Waals surface area contributed by atoms with Crippen LogP contribution in [0.15, 0.2) is 40.8 Å². The molecule has 0 bridgehead atoms. The lowest BCUT2D eigenvalue weighted by molar-refractivity contribution is 0.112. The van der Waals surface area contributed by atoms with Gasteiger partial charge in [0, 0.05) is 5.56 Å². The molecule has 94 valence electrons. The number of benzene rings is 1. The molecule has 0 radical (unpaired) electrons. The lowest BCUT2D eigenvalue weighted by Crippen LogP contribution is -1.92. The first-order chi connectivity index (χ1) is 9.29. The van der Waals surface area contributed by atoms with E-state index < -0.39 is 5.82 Å². The maximum Gasteiger partial charge on any atom is 0.181 e. The van der Waals surface area contributed by atoms with Gasteiger partial charge in [0.2, 0.25) is 0 Å². The van der Waals surface area contributed by atoms with Gasteiger partial charge >= 0.3 is 0 Å². The third-order valence-corrected chi connectivity index (χ3v) is 3.65. The number of halogens is 1. The summed E-state index contributed by atoms with van der Waals surface area (Å²) in [4.78, 5) is 26.2. The van der Waals surface area contributed by atoms with E-state index in [0.717, 1.165) is 11.8 Å². The van der Waals surface area contributed by atoms with Crippen molar-refractivity contribution in [2.75, 3.05) is 0 Å². The second kappa shape index (κ2) is 4.77. The zero-order valence-corrected chi connectivity index (χ0v) is 10.3. The number of carbonyl (C=O) groups excluding carboxylic acids is 1. The van der Waals surface area contributed by atoms with Gasteiger partial charge in [0.05, 0.1) is 11.2 Å². The Morgan fingerprint density at radius 2 is 2.16 bits per heavy atom. The van der Waals surface area contributed by atoms with Crippen LogP contribution < -0.4 is 0 Å². The van der Waals surface area contributed by atoms with Crippen LogP contribution in [0.5, 0.6) is 0 Å². The molecule has 0 atom stereocenters. The highest BCUT2D eigenvalue weighted by Crippen LogP contribution is 2.33. The summed E-state index contributed by atoms with van der Waals surface area (Å²) in [5, 5.41) is 0.524. The van der Waals surface area contributed by atoms with Gasteiger partial charge in [-0.3, -0.25) is 4.79 Å². The van der Waals surface area contributed by atoms with Crippen molar-refractivity contribution in [3.63, 3.8) is 0 Å². The van der Waals surface area contributed by atoms with Crippen molar-refractivity contribution in [2.45, 2.75) is 9.92 Å². The number of aromatic nitrogens is 4. The molecular weight excluding hydrogens is 267 g/mol. The Hall–Kier alpha value is -2.28. The number of imidazole rings is 1. The molecule has 0 unspecified atom stereocenters. The van der Waals surface area contributed by atoms with E-state index in [0.29, 0.717) is 22.5 Å². The molecule has 0 spiro atoms. The largest absolute Gasteiger partial charge is 0.341 e. The fourth-order valence-electron chi connectivity index (χ4n) is 1.64. The monoisotopic (exact) mass is 274 g/mol. The van der Waals surface area contributed by atoms with E-state index >= 15 is 0 Å². The Morgan fingerprint density at radius 3 is 3.00 bits per heavy atom. The number of aromatic amines is 1. The summed E-state index contributed by atoms with van der Waals surface area (Å²) >= 11 is 1.07. The number of fused-ring (bicyclic) bond motifs is 1. The Bertz CT molecular complexity index is 758. The van der Waals surface area contributed by atoms with Crippen molar-refractivity contribution in [3.8, 4) is 0 Å². The van der Waals surface area contributed by atoms with E-state index in [2.05, 4.69) is 19.9 Å². The number of nitrogens with zero attached hydrogens (tertiary/aromatic N) is 3. The number of rotatable bonds is 3. The van der Waals surface area contributed by atoms with E-state index in [1.54, 1.807) is 6.07 Å². The molecule has 0 saturated carbocycles. The molecule has 1 N–H and O–H groups in total. The van der Waals surface area contributed by atoms with Gasteiger partial charge in [-0.05, 0) is 6.07 Å². The number of nitrogens with one attached hydrogen (secondary N) is 1. The number of hydrogen-bond donors (Lipinski definition) is 1. The van der Waals surface area contributed by atoms with Gasteiger partial charge in [0.25, 0.3) is 0 Å². The van der Waals surface area contributed by atoms with Crippen LogP contribution in [0.4, 0.5) is 4.39 Å². The maximum atomic E-state index is 13.8. The number of H-pyrrole nitrogens is 1. The van der Waals surface area contributed by atoms with E-state index in [9.17, 15) is 9.18 Å². The van der Waals surface area contributed by atoms with Gasteiger partial charge in [-0.1, -0.05) is 23.9 Å². The summed E-state index contributed by atoms with van der Waals surface area (Å²) in [6.07, 6.45) is 3.47. The molecule has 2 aromatic heterocycles. The smallest absolute Gasteiger partial charge is 0.181 e. The van der Waals surface area contributed by atoms with Crippen LogP contribution in [0, 0.1) is 5.82 Å². The van der Waals surface area contributed by atoms with E-state index in [1.807, 2.05) is 0 Å². The highest BCUT2D eigenvalue weighted by Gasteiger charge is 2.13. The fraction of sp³-hybridized carbons (Fsp3) is 0. The normalized spacial score (nSPS) is 10.8. The first-order valence-electron chi connectivity index (χ1n) is 5.35. The molecule has 3 aromatic rings. The predicted molar refractivity (Wildman–Crippen MR) is 67.6 cm³/mol. The standard InChI is InChI=1S/C12H7FN4OS/c13-8-3-1-2-7(4-18)10(8)19-12-9-11(15-5-14-9)16-6-17-12/h1-6H,(H,14,15,16,17). The number of carbonyl (C=O) groups is 1. The first-order valence-corrected chi connectivity index (χ1v) is 6.17.